The third kappa shape index (κ3) is 2.18. The molecule has 8 nitrogen and oxygen atoms in total. The van der Waals surface area contributed by atoms with Crippen molar-refractivity contribution in [2.24, 2.45) is 0 Å². The highest BCUT2D eigenvalue weighted by molar-refractivity contribution is 5.84. The largest absolute Gasteiger partial charge is 0.463 e. The maximum Gasteiger partial charge on any atom is 0.377 e. The Balaban J connectivity index is 1.85. The number of hydrogen-bond donors (Lipinski definition) is 1. The summed E-state index contributed by atoms with van der Waals surface area (Å²) in [5.74, 6) is -0.145. The molecule has 2 heterocycles. The molecule has 0 saturated carbocycles. The molecule has 0 radical (unpaired) electrons. The Morgan fingerprint density at radius 2 is 2.35 bits per heavy atom. The minimum atomic E-state index is -0.589. The van der Waals surface area contributed by atoms with Crippen LogP contribution in [-0.2, 0) is 11.3 Å². The van der Waals surface area contributed by atoms with Crippen molar-refractivity contribution in [3.05, 3.63) is 36.2 Å². The lowest BCUT2D eigenvalue weighted by Crippen LogP contribution is -2.06. The topological polar surface area (TPSA) is 109 Å². The highest BCUT2D eigenvalue weighted by Gasteiger charge is 2.13. The molecule has 102 valence electrons. The maximum absolute atomic E-state index is 11.2. The van der Waals surface area contributed by atoms with Crippen molar-refractivity contribution in [3.63, 3.8) is 0 Å². The molecule has 0 aliphatic carbocycles. The van der Waals surface area contributed by atoms with Gasteiger partial charge >= 0.3 is 5.97 Å². The summed E-state index contributed by atoms with van der Waals surface area (Å²) in [6.07, 6.45) is 1.41. The molecule has 0 fully saturated rings. The van der Waals surface area contributed by atoms with Gasteiger partial charge in [-0.1, -0.05) is 0 Å². The van der Waals surface area contributed by atoms with Gasteiger partial charge in [0.25, 0.3) is 5.82 Å². The summed E-state index contributed by atoms with van der Waals surface area (Å²) in [5.41, 5.74) is 7.59. The second-order valence-electron chi connectivity index (χ2n) is 4.09. The number of rotatable bonds is 3. The zero-order valence-electron chi connectivity index (χ0n) is 10.6. The fourth-order valence-electron chi connectivity index (χ4n) is 1.75. The number of nitrogen functional groups attached to an aromatic ring is 1. The molecule has 1 aromatic carbocycles. The quantitative estimate of drug-likeness (QED) is 0.556. The predicted octanol–water partition coefficient (Wildman–Crippen LogP) is 0.836. The number of nitrogens with zero attached hydrogens (tertiary/aromatic N) is 4. The van der Waals surface area contributed by atoms with Gasteiger partial charge in [-0.15, -0.1) is 5.10 Å². The van der Waals surface area contributed by atoms with Crippen molar-refractivity contribution in [2.75, 3.05) is 12.8 Å². The zero-order valence-corrected chi connectivity index (χ0v) is 10.6. The molecule has 0 unspecified atom stereocenters. The molecule has 3 aromatic rings. The smallest absolute Gasteiger partial charge is 0.377 e. The van der Waals surface area contributed by atoms with Crippen LogP contribution in [0.5, 0.6) is 0 Å². The molecule has 0 saturated heterocycles. The average molecular weight is 273 g/mol. The Labute approximate surface area is 113 Å². The van der Waals surface area contributed by atoms with E-state index < -0.39 is 5.97 Å². The molecule has 0 amide bonds. The number of methoxy groups -OCH3 is 1. The number of carbonyl (C=O) groups excluding carboxylic acids is 1. The van der Waals surface area contributed by atoms with Crippen molar-refractivity contribution in [1.82, 2.24) is 19.7 Å². The summed E-state index contributed by atoms with van der Waals surface area (Å²) in [6, 6.07) is 5.23. The van der Waals surface area contributed by atoms with Gasteiger partial charge < -0.3 is 14.9 Å². The molecular weight excluding hydrogens is 262 g/mol. The minimum Gasteiger partial charge on any atom is -0.463 e. The number of oxazole rings is 1. The highest BCUT2D eigenvalue weighted by atomic mass is 16.5. The first-order chi connectivity index (χ1) is 9.65. The molecule has 0 bridgehead atoms. The molecule has 8 heteroatoms. The summed E-state index contributed by atoms with van der Waals surface area (Å²) in [5, 5.41) is 3.97. The van der Waals surface area contributed by atoms with Gasteiger partial charge in [-0.05, 0) is 12.1 Å². The summed E-state index contributed by atoms with van der Waals surface area (Å²) in [6.45, 7) is 0.262. The zero-order chi connectivity index (χ0) is 14.1. The van der Waals surface area contributed by atoms with Crippen molar-refractivity contribution in [3.8, 4) is 0 Å². The van der Waals surface area contributed by atoms with Gasteiger partial charge in [0.1, 0.15) is 18.4 Å². The van der Waals surface area contributed by atoms with Crippen LogP contribution >= 0.6 is 0 Å². The van der Waals surface area contributed by atoms with E-state index in [0.29, 0.717) is 22.7 Å². The number of fused-ring (bicyclic) bond motifs is 1. The van der Waals surface area contributed by atoms with Gasteiger partial charge in [0.2, 0.25) is 5.89 Å². The van der Waals surface area contributed by atoms with E-state index in [9.17, 15) is 4.79 Å². The van der Waals surface area contributed by atoms with E-state index in [0.717, 1.165) is 0 Å². The fourth-order valence-corrected chi connectivity index (χ4v) is 1.75. The van der Waals surface area contributed by atoms with E-state index in [-0.39, 0.29) is 12.4 Å². The van der Waals surface area contributed by atoms with E-state index in [1.165, 1.54) is 18.1 Å². The second kappa shape index (κ2) is 4.65. The SMILES string of the molecule is COC(=O)c1ncn(Cc2nc3ccc(N)cc3o2)n1. The number of ether oxygens (including phenoxy) is 1. The van der Waals surface area contributed by atoms with Gasteiger partial charge in [0.05, 0.1) is 7.11 Å². The summed E-state index contributed by atoms with van der Waals surface area (Å²) in [4.78, 5) is 19.4. The van der Waals surface area contributed by atoms with Crippen molar-refractivity contribution >= 4 is 22.8 Å². The Hall–Kier alpha value is -2.90. The summed E-state index contributed by atoms with van der Waals surface area (Å²) >= 11 is 0. The Morgan fingerprint density at radius 1 is 1.50 bits per heavy atom. The molecule has 2 aromatic heterocycles. The number of carbonyl (C=O) groups is 1. The van der Waals surface area contributed by atoms with Crippen LogP contribution in [0.1, 0.15) is 16.5 Å². The van der Waals surface area contributed by atoms with E-state index >= 15 is 0 Å². The molecular formula is C12H11N5O3. The highest BCUT2D eigenvalue weighted by Crippen LogP contribution is 2.18. The van der Waals surface area contributed by atoms with Crippen molar-refractivity contribution in [1.29, 1.82) is 0 Å². The van der Waals surface area contributed by atoms with Crippen LogP contribution in [0.3, 0.4) is 0 Å². The third-order valence-corrected chi connectivity index (χ3v) is 2.66. The molecule has 20 heavy (non-hydrogen) atoms. The van der Waals surface area contributed by atoms with Crippen molar-refractivity contribution < 1.29 is 13.9 Å². The van der Waals surface area contributed by atoms with Gasteiger partial charge in [0, 0.05) is 11.8 Å². The third-order valence-electron chi connectivity index (χ3n) is 2.66. The predicted molar refractivity (Wildman–Crippen MR) is 68.9 cm³/mol. The number of hydrogen-bond acceptors (Lipinski definition) is 7. The minimum absolute atomic E-state index is 0.00662. The molecule has 0 aliphatic heterocycles. The lowest BCUT2D eigenvalue weighted by molar-refractivity contribution is 0.0586. The summed E-state index contributed by atoms with van der Waals surface area (Å²) < 4.78 is 11.5. The number of anilines is 1. The van der Waals surface area contributed by atoms with Gasteiger partial charge in [0.15, 0.2) is 5.58 Å². The first-order valence-corrected chi connectivity index (χ1v) is 5.78. The number of nitrogens with two attached hydrogens (primary N) is 1. The molecule has 0 aliphatic rings. The lowest BCUT2D eigenvalue weighted by Gasteiger charge is -1.94. The van der Waals surface area contributed by atoms with Gasteiger partial charge in [-0.2, -0.15) is 0 Å². The molecule has 0 atom stereocenters. The van der Waals surface area contributed by atoms with Crippen LogP contribution in [-0.4, -0.2) is 32.8 Å². The van der Waals surface area contributed by atoms with Crippen LogP contribution in [0.4, 0.5) is 5.69 Å². The monoisotopic (exact) mass is 273 g/mol. The van der Waals surface area contributed by atoms with Crippen LogP contribution in [0.2, 0.25) is 0 Å². The van der Waals surface area contributed by atoms with Crippen LogP contribution < -0.4 is 5.73 Å². The standard InChI is InChI=1S/C12H11N5O3/c1-19-12(18)11-14-6-17(16-11)5-10-15-8-3-2-7(13)4-9(8)20-10/h2-4,6H,5,13H2,1H3. The first kappa shape index (κ1) is 12.2. The first-order valence-electron chi connectivity index (χ1n) is 5.78. The van der Waals surface area contributed by atoms with Crippen LogP contribution in [0, 0.1) is 0 Å². The fraction of sp³-hybridized carbons (Fsp3) is 0.167. The molecule has 3 rings (SSSR count). The van der Waals surface area contributed by atoms with Gasteiger partial charge in [-0.3, -0.25) is 0 Å². The Morgan fingerprint density at radius 3 is 3.15 bits per heavy atom. The van der Waals surface area contributed by atoms with Crippen LogP contribution in [0.25, 0.3) is 11.1 Å². The Kier molecular flexibility index (Phi) is 2.82. The van der Waals surface area contributed by atoms with E-state index in [2.05, 4.69) is 19.8 Å². The maximum atomic E-state index is 11.2. The Bertz CT molecular complexity index is 776. The van der Waals surface area contributed by atoms with E-state index in [1.54, 1.807) is 18.2 Å². The normalized spacial score (nSPS) is 10.8. The van der Waals surface area contributed by atoms with Crippen LogP contribution in [0.15, 0.2) is 28.9 Å². The van der Waals surface area contributed by atoms with Crippen molar-refractivity contribution in [2.45, 2.75) is 6.54 Å². The average Bonchev–Trinajstić information content (AvgIpc) is 3.04. The lowest BCUT2D eigenvalue weighted by atomic mass is 10.3. The van der Waals surface area contributed by atoms with Gasteiger partial charge in [-0.25, -0.2) is 19.4 Å². The number of benzene rings is 1. The van der Waals surface area contributed by atoms with E-state index in [4.69, 9.17) is 10.2 Å². The second-order valence-corrected chi connectivity index (χ2v) is 4.09. The number of aromatic nitrogens is 4. The summed E-state index contributed by atoms with van der Waals surface area (Å²) in [7, 11) is 1.27. The number of esters is 1. The van der Waals surface area contributed by atoms with E-state index in [1.807, 2.05) is 0 Å². The molecule has 2 N–H and O–H groups in total. The molecule has 0 spiro atoms.